The first-order valence-corrected chi connectivity index (χ1v) is 7.37. The minimum Gasteiger partial charge on any atom is -0.481 e. The van der Waals surface area contributed by atoms with Gasteiger partial charge in [-0.2, -0.15) is 0 Å². The first-order valence-electron chi connectivity index (χ1n) is 6.99. The average molecular weight is 307 g/mol. The zero-order chi connectivity index (χ0) is 15.4. The van der Waals surface area contributed by atoms with Gasteiger partial charge in [-0.1, -0.05) is 30.7 Å². The third kappa shape index (κ3) is 4.16. The Balaban J connectivity index is 2.22. The Labute approximate surface area is 129 Å². The van der Waals surface area contributed by atoms with Crippen LogP contribution in [-0.2, 0) is 11.3 Å². The molecule has 5 heteroatoms. The highest BCUT2D eigenvalue weighted by Gasteiger charge is 2.11. The third-order valence-corrected chi connectivity index (χ3v) is 3.81. The van der Waals surface area contributed by atoms with E-state index in [4.69, 9.17) is 16.7 Å². The van der Waals surface area contributed by atoms with Crippen molar-refractivity contribution in [1.29, 1.82) is 0 Å². The number of aromatic nitrogens is 1. The molecule has 0 spiro atoms. The zero-order valence-corrected chi connectivity index (χ0v) is 13.0. The second-order valence-electron chi connectivity index (χ2n) is 5.15. The molecule has 0 bridgehead atoms. The quantitative estimate of drug-likeness (QED) is 0.830. The lowest BCUT2D eigenvalue weighted by Crippen LogP contribution is -2.26. The van der Waals surface area contributed by atoms with Crippen LogP contribution in [0.15, 0.2) is 24.3 Å². The van der Waals surface area contributed by atoms with Gasteiger partial charge in [0.1, 0.15) is 5.15 Å². The van der Waals surface area contributed by atoms with E-state index in [0.29, 0.717) is 18.2 Å². The summed E-state index contributed by atoms with van der Waals surface area (Å²) in [5.74, 6) is -0.786. The van der Waals surface area contributed by atoms with Gasteiger partial charge < -0.3 is 5.11 Å². The van der Waals surface area contributed by atoms with E-state index in [2.05, 4.69) is 9.88 Å². The fraction of sp³-hybridized carbons (Fsp3) is 0.375. The molecular weight excluding hydrogens is 288 g/mol. The van der Waals surface area contributed by atoms with Crippen molar-refractivity contribution in [2.24, 2.45) is 0 Å². The Hall–Kier alpha value is -1.65. The lowest BCUT2D eigenvalue weighted by atomic mass is 10.1. The maximum absolute atomic E-state index is 10.7. The topological polar surface area (TPSA) is 53.4 Å². The Morgan fingerprint density at radius 3 is 2.81 bits per heavy atom. The summed E-state index contributed by atoms with van der Waals surface area (Å²) in [6, 6.07) is 8.12. The molecule has 2 rings (SSSR count). The second kappa shape index (κ2) is 6.87. The van der Waals surface area contributed by atoms with E-state index in [9.17, 15) is 4.79 Å². The molecule has 0 atom stereocenters. The van der Waals surface area contributed by atoms with Crippen molar-refractivity contribution in [1.82, 2.24) is 9.88 Å². The van der Waals surface area contributed by atoms with Crippen LogP contribution >= 0.6 is 11.6 Å². The largest absolute Gasteiger partial charge is 0.481 e. The molecule has 0 unspecified atom stereocenters. The average Bonchev–Trinajstić information content (AvgIpc) is 2.43. The minimum atomic E-state index is -0.786. The number of aryl methyl sites for hydroxylation is 1. The summed E-state index contributed by atoms with van der Waals surface area (Å²) in [4.78, 5) is 17.2. The van der Waals surface area contributed by atoms with Gasteiger partial charge in [-0.3, -0.25) is 9.69 Å². The van der Waals surface area contributed by atoms with Crippen LogP contribution in [0.3, 0.4) is 0 Å². The number of nitrogens with zero attached hydrogens (tertiary/aromatic N) is 2. The molecule has 0 saturated heterocycles. The van der Waals surface area contributed by atoms with Gasteiger partial charge in [-0.25, -0.2) is 4.98 Å². The Bertz CT molecular complexity index is 658. The van der Waals surface area contributed by atoms with E-state index in [-0.39, 0.29) is 6.42 Å². The Morgan fingerprint density at radius 2 is 2.14 bits per heavy atom. The van der Waals surface area contributed by atoms with Gasteiger partial charge in [0.2, 0.25) is 0 Å². The molecule has 4 nitrogen and oxygen atoms in total. The van der Waals surface area contributed by atoms with Crippen LogP contribution in [0.2, 0.25) is 5.15 Å². The zero-order valence-electron chi connectivity index (χ0n) is 12.3. The van der Waals surface area contributed by atoms with Crippen molar-refractivity contribution < 1.29 is 9.90 Å². The fourth-order valence-electron chi connectivity index (χ4n) is 2.25. The van der Waals surface area contributed by atoms with E-state index in [1.165, 1.54) is 0 Å². The predicted octanol–water partition coefficient (Wildman–Crippen LogP) is 3.49. The molecule has 21 heavy (non-hydrogen) atoms. The van der Waals surface area contributed by atoms with Crippen LogP contribution in [0.1, 0.15) is 24.5 Å². The standard InChI is InChI=1S/C16H19ClN2O2/c1-3-19(7-6-15(20)21)10-13-9-12-5-4-11(2)8-14(12)18-16(13)17/h4-5,8-9H,3,6-7,10H2,1-2H3,(H,20,21). The highest BCUT2D eigenvalue weighted by molar-refractivity contribution is 6.30. The van der Waals surface area contributed by atoms with Gasteiger partial charge in [0.15, 0.2) is 0 Å². The van der Waals surface area contributed by atoms with Crippen molar-refractivity contribution in [3.8, 4) is 0 Å². The van der Waals surface area contributed by atoms with Crippen molar-refractivity contribution in [3.05, 3.63) is 40.5 Å². The number of rotatable bonds is 6. The number of benzene rings is 1. The van der Waals surface area contributed by atoms with Crippen molar-refractivity contribution in [3.63, 3.8) is 0 Å². The fourth-order valence-corrected chi connectivity index (χ4v) is 2.46. The van der Waals surface area contributed by atoms with Crippen LogP contribution in [0, 0.1) is 6.92 Å². The number of hydrogen-bond acceptors (Lipinski definition) is 3. The molecule has 0 saturated carbocycles. The van der Waals surface area contributed by atoms with Crippen LogP contribution in [0.5, 0.6) is 0 Å². The van der Waals surface area contributed by atoms with E-state index < -0.39 is 5.97 Å². The number of halogens is 1. The molecule has 112 valence electrons. The normalized spacial score (nSPS) is 11.2. The van der Waals surface area contributed by atoms with E-state index in [1.54, 1.807) is 0 Å². The summed E-state index contributed by atoms with van der Waals surface area (Å²) in [6.45, 7) is 5.92. The van der Waals surface area contributed by atoms with Gasteiger partial charge in [-0.15, -0.1) is 0 Å². The van der Waals surface area contributed by atoms with Crippen LogP contribution in [0.4, 0.5) is 0 Å². The maximum atomic E-state index is 10.7. The highest BCUT2D eigenvalue weighted by atomic mass is 35.5. The molecule has 1 aromatic heterocycles. The maximum Gasteiger partial charge on any atom is 0.304 e. The third-order valence-electron chi connectivity index (χ3n) is 3.48. The molecule has 0 aliphatic rings. The molecule has 0 fully saturated rings. The number of pyridine rings is 1. The van der Waals surface area contributed by atoms with Crippen LogP contribution < -0.4 is 0 Å². The number of carboxylic acid groups (broad SMARTS) is 1. The lowest BCUT2D eigenvalue weighted by molar-refractivity contribution is -0.137. The van der Waals surface area contributed by atoms with E-state index in [1.807, 2.05) is 38.1 Å². The molecule has 0 amide bonds. The summed E-state index contributed by atoms with van der Waals surface area (Å²) in [7, 11) is 0. The number of hydrogen-bond donors (Lipinski definition) is 1. The van der Waals surface area contributed by atoms with Gasteiger partial charge in [0.25, 0.3) is 0 Å². The van der Waals surface area contributed by atoms with Crippen molar-refractivity contribution in [2.75, 3.05) is 13.1 Å². The molecule has 2 aromatic rings. The monoisotopic (exact) mass is 306 g/mol. The SMILES string of the molecule is CCN(CCC(=O)O)Cc1cc2ccc(C)cc2nc1Cl. The molecule has 1 heterocycles. The molecule has 0 aliphatic carbocycles. The summed E-state index contributed by atoms with van der Waals surface area (Å²) in [5, 5.41) is 10.3. The summed E-state index contributed by atoms with van der Waals surface area (Å²) >= 11 is 6.27. The van der Waals surface area contributed by atoms with Crippen molar-refractivity contribution in [2.45, 2.75) is 26.8 Å². The Kier molecular flexibility index (Phi) is 5.15. The molecule has 1 N–H and O–H groups in total. The smallest absolute Gasteiger partial charge is 0.304 e. The number of aliphatic carboxylic acids is 1. The van der Waals surface area contributed by atoms with Gasteiger partial charge >= 0.3 is 5.97 Å². The summed E-state index contributed by atoms with van der Waals surface area (Å²) in [5.41, 5.74) is 2.97. The number of carbonyl (C=O) groups is 1. The lowest BCUT2D eigenvalue weighted by Gasteiger charge is -2.20. The molecule has 0 radical (unpaired) electrons. The highest BCUT2D eigenvalue weighted by Crippen LogP contribution is 2.22. The van der Waals surface area contributed by atoms with Crippen LogP contribution in [-0.4, -0.2) is 34.0 Å². The number of carboxylic acids is 1. The minimum absolute atomic E-state index is 0.131. The summed E-state index contributed by atoms with van der Waals surface area (Å²) in [6.07, 6.45) is 0.131. The summed E-state index contributed by atoms with van der Waals surface area (Å²) < 4.78 is 0. The first kappa shape index (κ1) is 15.7. The number of fused-ring (bicyclic) bond motifs is 1. The Morgan fingerprint density at radius 1 is 1.38 bits per heavy atom. The molecule has 0 aliphatic heterocycles. The van der Waals surface area contributed by atoms with E-state index >= 15 is 0 Å². The second-order valence-corrected chi connectivity index (χ2v) is 5.50. The van der Waals surface area contributed by atoms with Gasteiger partial charge in [0, 0.05) is 24.0 Å². The van der Waals surface area contributed by atoms with Crippen molar-refractivity contribution >= 4 is 28.5 Å². The van der Waals surface area contributed by atoms with Crippen LogP contribution in [0.25, 0.3) is 10.9 Å². The first-order chi connectivity index (χ1) is 9.99. The molecular formula is C16H19ClN2O2. The predicted molar refractivity (Wildman–Crippen MR) is 84.7 cm³/mol. The molecule has 1 aromatic carbocycles. The van der Waals surface area contributed by atoms with E-state index in [0.717, 1.165) is 28.6 Å². The van der Waals surface area contributed by atoms with Gasteiger partial charge in [0.05, 0.1) is 11.9 Å². The van der Waals surface area contributed by atoms with Gasteiger partial charge in [-0.05, 0) is 31.2 Å².